The molecular formula is C20H30N2O4. The molecule has 1 aromatic rings. The van der Waals surface area contributed by atoms with Crippen LogP contribution in [0.1, 0.15) is 30.9 Å². The minimum Gasteiger partial charge on any atom is -0.483 e. The Morgan fingerprint density at radius 1 is 1.35 bits per heavy atom. The van der Waals surface area contributed by atoms with Crippen molar-refractivity contribution < 1.29 is 19.4 Å². The molecule has 0 radical (unpaired) electrons. The number of nitrogens with one attached hydrogen (secondary N) is 1. The fourth-order valence-electron chi connectivity index (χ4n) is 4.38. The maximum Gasteiger partial charge on any atom is 0.290 e. The second kappa shape index (κ2) is 9.69. The first-order valence-corrected chi connectivity index (χ1v) is 9.12. The predicted molar refractivity (Wildman–Crippen MR) is 99.8 cm³/mol. The van der Waals surface area contributed by atoms with Crippen molar-refractivity contribution in [2.75, 3.05) is 20.2 Å². The summed E-state index contributed by atoms with van der Waals surface area (Å²) in [6.07, 6.45) is 2.24. The Morgan fingerprint density at radius 2 is 2.00 bits per heavy atom. The molecule has 1 aliphatic heterocycles. The molecular weight excluding hydrogens is 332 g/mol. The lowest BCUT2D eigenvalue weighted by molar-refractivity contribution is -0.123. The van der Waals surface area contributed by atoms with Crippen LogP contribution < -0.4 is 5.32 Å². The van der Waals surface area contributed by atoms with Crippen LogP contribution in [0.4, 0.5) is 0 Å². The molecule has 6 nitrogen and oxygen atoms in total. The second-order valence-corrected chi connectivity index (χ2v) is 7.36. The third-order valence-corrected chi connectivity index (χ3v) is 5.37. The van der Waals surface area contributed by atoms with E-state index in [0.29, 0.717) is 11.8 Å². The largest absolute Gasteiger partial charge is 0.483 e. The van der Waals surface area contributed by atoms with E-state index in [1.54, 1.807) is 14.0 Å². The average molecular weight is 362 g/mol. The lowest BCUT2D eigenvalue weighted by Gasteiger charge is -2.37. The summed E-state index contributed by atoms with van der Waals surface area (Å²) < 4.78 is 5.65. The molecule has 2 N–H and O–H groups in total. The van der Waals surface area contributed by atoms with Crippen LogP contribution >= 0.6 is 0 Å². The molecule has 0 unspecified atom stereocenters. The summed E-state index contributed by atoms with van der Waals surface area (Å²) >= 11 is 0. The monoisotopic (exact) mass is 362 g/mol. The van der Waals surface area contributed by atoms with Gasteiger partial charge in [0.05, 0.1) is 12.1 Å². The molecule has 1 aliphatic carbocycles. The van der Waals surface area contributed by atoms with Crippen LogP contribution in [0, 0.1) is 18.8 Å². The lowest BCUT2D eigenvalue weighted by atomic mass is 9.77. The molecule has 3 rings (SSSR count). The van der Waals surface area contributed by atoms with E-state index in [4.69, 9.17) is 14.6 Å². The molecule has 0 aromatic heterocycles. The van der Waals surface area contributed by atoms with Gasteiger partial charge in [0.15, 0.2) is 0 Å². The molecule has 1 saturated heterocycles. The maximum absolute atomic E-state index is 11.4. The highest BCUT2D eigenvalue weighted by Gasteiger charge is 2.42. The summed E-state index contributed by atoms with van der Waals surface area (Å²) in [6.45, 7) is 6.79. The summed E-state index contributed by atoms with van der Waals surface area (Å²) in [5, 5.41) is 9.97. The fraction of sp³-hybridized carbons (Fsp3) is 0.600. The normalized spacial score (nSPS) is 27.8. The van der Waals surface area contributed by atoms with E-state index < -0.39 is 0 Å². The summed E-state index contributed by atoms with van der Waals surface area (Å²) in [6, 6.07) is 8.95. The molecule has 6 heteroatoms. The molecule has 1 saturated carbocycles. The molecule has 2 aliphatic rings. The number of aryl methyl sites for hydroxylation is 1. The van der Waals surface area contributed by atoms with Crippen molar-refractivity contribution in [3.63, 3.8) is 0 Å². The Kier molecular flexibility index (Phi) is 7.60. The van der Waals surface area contributed by atoms with E-state index in [1.165, 1.54) is 11.1 Å². The van der Waals surface area contributed by atoms with Gasteiger partial charge in [-0.1, -0.05) is 29.8 Å². The van der Waals surface area contributed by atoms with E-state index in [-0.39, 0.29) is 24.5 Å². The maximum atomic E-state index is 11.4. The van der Waals surface area contributed by atoms with Crippen molar-refractivity contribution in [3.8, 4) is 0 Å². The first-order chi connectivity index (χ1) is 12.5. The van der Waals surface area contributed by atoms with Gasteiger partial charge in [0, 0.05) is 33.7 Å². The number of carboxylic acid groups (broad SMARTS) is 1. The van der Waals surface area contributed by atoms with Crippen molar-refractivity contribution in [1.82, 2.24) is 10.2 Å². The fourth-order valence-corrected chi connectivity index (χ4v) is 4.38. The SMILES string of the molecule is CO[C@@H]1C[C@H]2CN(Cc3cccc(C)c3)C[C@H]2C[C@H]1NC(C)=O.O=CO. The first-order valence-electron chi connectivity index (χ1n) is 9.12. The predicted octanol–water partition coefficient (Wildman–Crippen LogP) is 2.06. The van der Waals surface area contributed by atoms with Crippen LogP contribution in [0.25, 0.3) is 0 Å². The summed E-state index contributed by atoms with van der Waals surface area (Å²) in [7, 11) is 1.76. The highest BCUT2D eigenvalue weighted by Crippen LogP contribution is 2.38. The molecule has 1 heterocycles. The molecule has 4 atom stereocenters. The number of methoxy groups -OCH3 is 1. The number of likely N-dealkylation sites (tertiary alicyclic amines) is 1. The summed E-state index contributed by atoms with van der Waals surface area (Å²) in [5.41, 5.74) is 2.72. The molecule has 26 heavy (non-hydrogen) atoms. The van der Waals surface area contributed by atoms with Gasteiger partial charge < -0.3 is 15.2 Å². The number of hydrogen-bond donors (Lipinski definition) is 2. The smallest absolute Gasteiger partial charge is 0.290 e. The van der Waals surface area contributed by atoms with Crippen LogP contribution in [-0.2, 0) is 20.9 Å². The number of carbonyl (C=O) groups is 2. The third-order valence-electron chi connectivity index (χ3n) is 5.37. The zero-order valence-electron chi connectivity index (χ0n) is 15.9. The van der Waals surface area contributed by atoms with Gasteiger partial charge >= 0.3 is 0 Å². The van der Waals surface area contributed by atoms with E-state index in [2.05, 4.69) is 41.4 Å². The van der Waals surface area contributed by atoms with Crippen LogP contribution in [0.2, 0.25) is 0 Å². The highest BCUT2D eigenvalue weighted by molar-refractivity contribution is 5.73. The van der Waals surface area contributed by atoms with Crippen molar-refractivity contribution in [2.24, 2.45) is 11.8 Å². The number of nitrogens with zero attached hydrogens (tertiary/aromatic N) is 1. The molecule has 0 bridgehead atoms. The first kappa shape index (κ1) is 20.4. The van der Waals surface area contributed by atoms with Gasteiger partial charge in [-0.25, -0.2) is 0 Å². The number of ether oxygens (including phenoxy) is 1. The zero-order chi connectivity index (χ0) is 19.1. The van der Waals surface area contributed by atoms with Gasteiger partial charge in [0.1, 0.15) is 0 Å². The van der Waals surface area contributed by atoms with E-state index in [1.807, 2.05) is 0 Å². The number of fused-ring (bicyclic) bond motifs is 1. The number of hydrogen-bond acceptors (Lipinski definition) is 4. The van der Waals surface area contributed by atoms with Crippen LogP contribution in [0.15, 0.2) is 24.3 Å². The third kappa shape index (κ3) is 5.54. The molecule has 144 valence electrons. The van der Waals surface area contributed by atoms with Crippen molar-refractivity contribution in [3.05, 3.63) is 35.4 Å². The summed E-state index contributed by atoms with van der Waals surface area (Å²) in [5.74, 6) is 1.41. The van der Waals surface area contributed by atoms with Gasteiger partial charge in [-0.15, -0.1) is 0 Å². The minimum absolute atomic E-state index is 0.0464. The Hall–Kier alpha value is -1.92. The topological polar surface area (TPSA) is 78.9 Å². The standard InChI is InChI=1S/C19H28N2O2.CH2O2/c1-13-5-4-6-15(7-13)10-21-11-16-8-18(20-14(2)22)19(23-3)9-17(16)12-21;2-1-3/h4-7,16-19H,8-12H2,1-3H3,(H,20,22);1H,(H,2,3)/t16-,17+,18-,19-;/m1./s1. The van der Waals surface area contributed by atoms with E-state index >= 15 is 0 Å². The average Bonchev–Trinajstić information content (AvgIpc) is 2.95. The lowest BCUT2D eigenvalue weighted by Crippen LogP contribution is -2.49. The Bertz CT molecular complexity index is 607. The molecule has 2 fully saturated rings. The van der Waals surface area contributed by atoms with Crippen molar-refractivity contribution in [1.29, 1.82) is 0 Å². The van der Waals surface area contributed by atoms with Crippen LogP contribution in [0.3, 0.4) is 0 Å². The number of rotatable bonds is 4. The minimum atomic E-state index is -0.250. The van der Waals surface area contributed by atoms with Gasteiger partial charge in [-0.3, -0.25) is 14.5 Å². The summed E-state index contributed by atoms with van der Waals surface area (Å²) in [4.78, 5) is 22.3. The van der Waals surface area contributed by atoms with E-state index in [9.17, 15) is 4.79 Å². The van der Waals surface area contributed by atoms with Crippen LogP contribution in [-0.4, -0.2) is 54.7 Å². The van der Waals surface area contributed by atoms with E-state index in [0.717, 1.165) is 32.5 Å². The number of benzene rings is 1. The van der Waals surface area contributed by atoms with Gasteiger partial charge in [-0.2, -0.15) is 0 Å². The van der Waals surface area contributed by atoms with Crippen molar-refractivity contribution >= 4 is 12.4 Å². The Morgan fingerprint density at radius 3 is 2.58 bits per heavy atom. The number of carbonyl (C=O) groups excluding carboxylic acids is 1. The molecule has 1 aromatic carbocycles. The molecule has 0 spiro atoms. The quantitative estimate of drug-likeness (QED) is 0.802. The second-order valence-electron chi connectivity index (χ2n) is 7.36. The van der Waals surface area contributed by atoms with Gasteiger partial charge in [0.2, 0.25) is 5.91 Å². The van der Waals surface area contributed by atoms with Gasteiger partial charge in [0.25, 0.3) is 6.47 Å². The Balaban J connectivity index is 0.000000758. The highest BCUT2D eigenvalue weighted by atomic mass is 16.5. The Labute approximate surface area is 155 Å². The zero-order valence-corrected chi connectivity index (χ0v) is 15.9. The van der Waals surface area contributed by atoms with Crippen molar-refractivity contribution in [2.45, 2.75) is 45.4 Å². The van der Waals surface area contributed by atoms with Gasteiger partial charge in [-0.05, 0) is 37.2 Å². The molecule has 1 amide bonds. The number of amides is 1. The van der Waals surface area contributed by atoms with Crippen LogP contribution in [0.5, 0.6) is 0 Å².